The quantitative estimate of drug-likeness (QED) is 0.433. The Kier molecular flexibility index (Phi) is 0.870. The second-order valence-electron chi connectivity index (χ2n) is 4.02. The van der Waals surface area contributed by atoms with Crippen LogP contribution in [0.1, 0.15) is 26.7 Å². The van der Waals surface area contributed by atoms with Gasteiger partial charge in [-0.15, -0.1) is 0 Å². The van der Waals surface area contributed by atoms with Crippen LogP contribution >= 0.6 is 0 Å². The summed E-state index contributed by atoms with van der Waals surface area (Å²) in [5, 5.41) is 0. The molecule has 0 nitrogen and oxygen atoms in total. The third-order valence-corrected chi connectivity index (χ3v) is 3.34. The molecular weight excluding hydrogens is 108 g/mol. The molecule has 0 N–H and O–H groups in total. The van der Waals surface area contributed by atoms with E-state index in [1.165, 1.54) is 12.8 Å². The van der Waals surface area contributed by atoms with Gasteiger partial charge in [-0.3, -0.25) is 0 Å². The van der Waals surface area contributed by atoms with Crippen LogP contribution in [0.4, 0.5) is 0 Å². The van der Waals surface area contributed by atoms with E-state index in [0.717, 1.165) is 11.8 Å². The van der Waals surface area contributed by atoms with Gasteiger partial charge in [0.05, 0.1) is 0 Å². The van der Waals surface area contributed by atoms with Crippen LogP contribution < -0.4 is 0 Å². The van der Waals surface area contributed by atoms with Crippen molar-refractivity contribution in [2.24, 2.45) is 17.3 Å². The fourth-order valence-electron chi connectivity index (χ4n) is 2.19. The first-order valence-electron chi connectivity index (χ1n) is 3.88. The van der Waals surface area contributed by atoms with Crippen LogP contribution in [0.3, 0.4) is 0 Å². The number of allylic oxidation sites excluding steroid dienone is 2. The van der Waals surface area contributed by atoms with E-state index in [-0.39, 0.29) is 0 Å². The van der Waals surface area contributed by atoms with E-state index in [1.807, 2.05) is 0 Å². The Hall–Kier alpha value is -0.260. The summed E-state index contributed by atoms with van der Waals surface area (Å²) in [6, 6.07) is 0. The number of rotatable bonds is 0. The van der Waals surface area contributed by atoms with Gasteiger partial charge in [0.15, 0.2) is 0 Å². The van der Waals surface area contributed by atoms with Crippen LogP contribution in [0.15, 0.2) is 12.2 Å². The predicted octanol–water partition coefficient (Wildman–Crippen LogP) is 2.61. The van der Waals surface area contributed by atoms with Gasteiger partial charge in [0.2, 0.25) is 0 Å². The molecule has 3 rings (SSSR count). The lowest BCUT2D eigenvalue weighted by Crippen LogP contribution is -2.45. The molecule has 9 heavy (non-hydrogen) atoms. The van der Waals surface area contributed by atoms with Crippen molar-refractivity contribution in [1.29, 1.82) is 0 Å². The highest BCUT2D eigenvalue weighted by Crippen LogP contribution is 2.56. The molecule has 2 atom stereocenters. The Morgan fingerprint density at radius 3 is 2.44 bits per heavy atom. The molecule has 3 aliphatic rings. The Labute approximate surface area is 57.0 Å². The lowest BCUT2D eigenvalue weighted by Gasteiger charge is -2.53. The molecule has 1 saturated carbocycles. The molecule has 50 valence electrons. The monoisotopic (exact) mass is 122 g/mol. The summed E-state index contributed by atoms with van der Waals surface area (Å²) in [4.78, 5) is 0. The van der Waals surface area contributed by atoms with Gasteiger partial charge >= 0.3 is 0 Å². The van der Waals surface area contributed by atoms with E-state index < -0.39 is 0 Å². The fraction of sp³-hybridized carbons (Fsp3) is 0.778. The zero-order valence-electron chi connectivity index (χ0n) is 6.22. The van der Waals surface area contributed by atoms with E-state index in [2.05, 4.69) is 26.0 Å². The minimum atomic E-state index is 0.648. The Balaban J connectivity index is 2.27. The van der Waals surface area contributed by atoms with Crippen molar-refractivity contribution in [3.8, 4) is 0 Å². The molecule has 3 aliphatic carbocycles. The third kappa shape index (κ3) is 0.540. The van der Waals surface area contributed by atoms with Crippen LogP contribution in [0.2, 0.25) is 0 Å². The smallest absolute Gasteiger partial charge is 0.0176 e. The highest BCUT2D eigenvalue weighted by Gasteiger charge is 2.47. The highest BCUT2D eigenvalue weighted by atomic mass is 14.5. The number of fused-ring (bicyclic) bond motifs is 1. The van der Waals surface area contributed by atoms with Crippen molar-refractivity contribution in [3.63, 3.8) is 0 Å². The molecule has 0 heterocycles. The molecule has 0 aliphatic heterocycles. The summed E-state index contributed by atoms with van der Waals surface area (Å²) in [6.45, 7) is 4.80. The zero-order valence-corrected chi connectivity index (χ0v) is 6.22. The van der Waals surface area contributed by atoms with E-state index in [1.54, 1.807) is 0 Å². The van der Waals surface area contributed by atoms with Crippen LogP contribution in [-0.4, -0.2) is 0 Å². The molecule has 0 amide bonds. The summed E-state index contributed by atoms with van der Waals surface area (Å²) in [6.07, 6.45) is 7.55. The summed E-state index contributed by atoms with van der Waals surface area (Å²) < 4.78 is 0. The molecule has 0 spiro atoms. The van der Waals surface area contributed by atoms with Crippen LogP contribution in [0, 0.1) is 17.3 Å². The van der Waals surface area contributed by atoms with Crippen molar-refractivity contribution in [2.45, 2.75) is 26.7 Å². The SMILES string of the molecule is CC1(C)[C@H]2CC=C[C@H]1C2. The average molecular weight is 122 g/mol. The number of hydrogen-bond acceptors (Lipinski definition) is 0. The van der Waals surface area contributed by atoms with Gasteiger partial charge in [0, 0.05) is 0 Å². The molecule has 0 aromatic rings. The molecule has 2 bridgehead atoms. The van der Waals surface area contributed by atoms with Crippen LogP contribution in [0.5, 0.6) is 0 Å². The molecule has 0 saturated heterocycles. The van der Waals surface area contributed by atoms with E-state index in [9.17, 15) is 0 Å². The third-order valence-electron chi connectivity index (χ3n) is 3.34. The Bertz CT molecular complexity index is 153. The van der Waals surface area contributed by atoms with E-state index >= 15 is 0 Å². The van der Waals surface area contributed by atoms with Gasteiger partial charge in [-0.25, -0.2) is 0 Å². The summed E-state index contributed by atoms with van der Waals surface area (Å²) >= 11 is 0. The maximum absolute atomic E-state index is 2.40. The summed E-state index contributed by atoms with van der Waals surface area (Å²) in [7, 11) is 0. The van der Waals surface area contributed by atoms with Crippen molar-refractivity contribution in [2.75, 3.05) is 0 Å². The maximum atomic E-state index is 2.40. The lowest BCUT2D eigenvalue weighted by molar-refractivity contribution is 0.00320. The molecule has 0 unspecified atom stereocenters. The molecular formula is C9H14. The Morgan fingerprint density at radius 2 is 2.22 bits per heavy atom. The molecule has 0 aromatic heterocycles. The normalized spacial score (nSPS) is 44.2. The second kappa shape index (κ2) is 1.42. The number of hydrogen-bond donors (Lipinski definition) is 0. The van der Waals surface area contributed by atoms with Gasteiger partial charge in [-0.1, -0.05) is 26.0 Å². The second-order valence-corrected chi connectivity index (χ2v) is 4.02. The first-order chi connectivity index (χ1) is 4.21. The minimum absolute atomic E-state index is 0.648. The average Bonchev–Trinajstić information content (AvgIpc) is 1.89. The Morgan fingerprint density at radius 1 is 1.44 bits per heavy atom. The van der Waals surface area contributed by atoms with Crippen molar-refractivity contribution in [3.05, 3.63) is 12.2 Å². The zero-order chi connectivity index (χ0) is 6.48. The lowest BCUT2D eigenvalue weighted by atomic mass is 9.51. The molecule has 0 radical (unpaired) electrons. The van der Waals surface area contributed by atoms with E-state index in [4.69, 9.17) is 0 Å². The maximum Gasteiger partial charge on any atom is -0.0176 e. The van der Waals surface area contributed by atoms with Gasteiger partial charge < -0.3 is 0 Å². The standard InChI is InChI=1S/C9H14/c1-9(2)7-4-3-5-8(9)6-7/h3-4,7-8H,5-6H2,1-2H3/t7-,8-/m0/s1. The van der Waals surface area contributed by atoms with Crippen molar-refractivity contribution >= 4 is 0 Å². The van der Waals surface area contributed by atoms with Crippen molar-refractivity contribution < 1.29 is 0 Å². The topological polar surface area (TPSA) is 0 Å². The molecule has 0 aromatic carbocycles. The largest absolute Gasteiger partial charge is 0.0879 e. The molecule has 0 heteroatoms. The fourth-order valence-corrected chi connectivity index (χ4v) is 2.19. The summed E-state index contributed by atoms with van der Waals surface area (Å²) in [5.41, 5.74) is 0.648. The highest BCUT2D eigenvalue weighted by molar-refractivity contribution is 5.12. The van der Waals surface area contributed by atoms with Gasteiger partial charge in [0.25, 0.3) is 0 Å². The van der Waals surface area contributed by atoms with Crippen molar-refractivity contribution in [1.82, 2.24) is 0 Å². The minimum Gasteiger partial charge on any atom is -0.0879 e. The summed E-state index contributed by atoms with van der Waals surface area (Å²) in [5.74, 6) is 1.92. The van der Waals surface area contributed by atoms with Crippen LogP contribution in [0.25, 0.3) is 0 Å². The first-order valence-corrected chi connectivity index (χ1v) is 3.88. The first kappa shape index (κ1) is 5.52. The predicted molar refractivity (Wildman–Crippen MR) is 39.1 cm³/mol. The van der Waals surface area contributed by atoms with Gasteiger partial charge in [-0.05, 0) is 30.1 Å². The van der Waals surface area contributed by atoms with Gasteiger partial charge in [-0.2, -0.15) is 0 Å². The van der Waals surface area contributed by atoms with Gasteiger partial charge in [0.1, 0.15) is 0 Å². The molecule has 1 fully saturated rings. The van der Waals surface area contributed by atoms with Crippen LogP contribution in [-0.2, 0) is 0 Å². The van der Waals surface area contributed by atoms with E-state index in [0.29, 0.717) is 5.41 Å².